The van der Waals surface area contributed by atoms with E-state index in [1.165, 1.54) is 0 Å². The largest absolute Gasteiger partial charge is 0.490 e. The second kappa shape index (κ2) is 9.73. The van der Waals surface area contributed by atoms with Gasteiger partial charge in [-0.05, 0) is 50.8 Å². The molecule has 8 heteroatoms. The lowest BCUT2D eigenvalue weighted by atomic mass is 9.95. The molecule has 1 aliphatic carbocycles. The highest BCUT2D eigenvalue weighted by molar-refractivity contribution is 6.30. The van der Waals surface area contributed by atoms with Crippen molar-refractivity contribution < 1.29 is 19.1 Å². The molecule has 0 unspecified atom stereocenters. The average molecular weight is 446 g/mol. The lowest BCUT2D eigenvalue weighted by Gasteiger charge is -2.32. The minimum Gasteiger partial charge on any atom is -0.490 e. The highest BCUT2D eigenvalue weighted by Gasteiger charge is 2.29. The molecule has 1 amide bonds. The third-order valence-corrected chi connectivity index (χ3v) is 6.14. The normalized spacial score (nSPS) is 16.6. The Labute approximate surface area is 187 Å². The van der Waals surface area contributed by atoms with E-state index < -0.39 is 5.97 Å². The van der Waals surface area contributed by atoms with Crippen molar-refractivity contribution in [3.63, 3.8) is 0 Å². The molecule has 4 rings (SSSR count). The topological polar surface area (TPSA) is 73.7 Å². The van der Waals surface area contributed by atoms with E-state index in [4.69, 9.17) is 21.1 Å². The molecule has 0 bridgehead atoms. The summed E-state index contributed by atoms with van der Waals surface area (Å²) < 4.78 is 12.9. The number of halogens is 1. The van der Waals surface area contributed by atoms with Crippen LogP contribution >= 0.6 is 11.6 Å². The van der Waals surface area contributed by atoms with E-state index in [-0.39, 0.29) is 18.6 Å². The quantitative estimate of drug-likeness (QED) is 0.634. The lowest BCUT2D eigenvalue weighted by molar-refractivity contribution is -0.133. The number of hydrogen-bond acceptors (Lipinski definition) is 5. The number of aromatic nitrogens is 2. The number of benzene rings is 1. The van der Waals surface area contributed by atoms with Gasteiger partial charge in [-0.25, -0.2) is 4.79 Å². The molecule has 31 heavy (non-hydrogen) atoms. The fraction of sp³-hybridized carbons (Fsp3) is 0.522. The van der Waals surface area contributed by atoms with Crippen LogP contribution in [0.1, 0.15) is 54.4 Å². The summed E-state index contributed by atoms with van der Waals surface area (Å²) in [6.07, 6.45) is 5.32. The first-order valence-corrected chi connectivity index (χ1v) is 11.4. The number of esters is 1. The summed E-state index contributed by atoms with van der Waals surface area (Å²) in [5.41, 5.74) is 2.32. The van der Waals surface area contributed by atoms with Gasteiger partial charge < -0.3 is 14.4 Å². The van der Waals surface area contributed by atoms with E-state index in [9.17, 15) is 9.59 Å². The van der Waals surface area contributed by atoms with E-state index in [1.807, 2.05) is 23.1 Å². The molecule has 1 aromatic heterocycles. The Morgan fingerprint density at radius 3 is 2.71 bits per heavy atom. The fourth-order valence-electron chi connectivity index (χ4n) is 4.35. The maximum Gasteiger partial charge on any atom is 0.359 e. The monoisotopic (exact) mass is 445 g/mol. The number of fused-ring (bicyclic) bond motifs is 1. The minimum absolute atomic E-state index is 0.0208. The van der Waals surface area contributed by atoms with Crippen molar-refractivity contribution in [1.29, 1.82) is 0 Å². The zero-order valence-electron chi connectivity index (χ0n) is 17.8. The molecule has 0 atom stereocenters. The molecule has 1 aliphatic heterocycles. The summed E-state index contributed by atoms with van der Waals surface area (Å²) in [6.45, 7) is 3.52. The fourth-order valence-corrected chi connectivity index (χ4v) is 4.53. The standard InChI is InChI=1S/C23H28ClN3O4/c1-2-30-23(29)22-19-8-3-4-9-20(19)27(25-22)15-21(28)26-12-10-17(11-13-26)31-18-7-5-6-16(24)14-18/h5-7,14,17H,2-4,8-13,15H2,1H3. The van der Waals surface area contributed by atoms with Crippen LogP contribution in [0.3, 0.4) is 0 Å². The molecule has 2 heterocycles. The highest BCUT2D eigenvalue weighted by atomic mass is 35.5. The van der Waals surface area contributed by atoms with Crippen molar-refractivity contribution in [2.45, 2.75) is 58.1 Å². The molecule has 166 valence electrons. The van der Waals surface area contributed by atoms with Crippen LogP contribution in [0.4, 0.5) is 0 Å². The number of piperidine rings is 1. The van der Waals surface area contributed by atoms with Crippen molar-refractivity contribution in [2.75, 3.05) is 19.7 Å². The first-order valence-electron chi connectivity index (χ1n) is 11.0. The van der Waals surface area contributed by atoms with E-state index in [1.54, 1.807) is 17.7 Å². The van der Waals surface area contributed by atoms with E-state index in [2.05, 4.69) is 5.10 Å². The van der Waals surface area contributed by atoms with Crippen LogP contribution in [0.25, 0.3) is 0 Å². The zero-order valence-corrected chi connectivity index (χ0v) is 18.6. The molecule has 2 aliphatic rings. The summed E-state index contributed by atoms with van der Waals surface area (Å²) in [5.74, 6) is 0.380. The van der Waals surface area contributed by atoms with Crippen LogP contribution in [0.2, 0.25) is 5.02 Å². The lowest BCUT2D eigenvalue weighted by Crippen LogP contribution is -2.43. The summed E-state index contributed by atoms with van der Waals surface area (Å²) in [6, 6.07) is 7.38. The highest BCUT2D eigenvalue weighted by Crippen LogP contribution is 2.26. The zero-order chi connectivity index (χ0) is 21.8. The average Bonchev–Trinajstić information content (AvgIpc) is 3.13. The van der Waals surface area contributed by atoms with Crippen LogP contribution in [-0.2, 0) is 28.9 Å². The van der Waals surface area contributed by atoms with Gasteiger partial charge in [-0.2, -0.15) is 5.10 Å². The maximum absolute atomic E-state index is 13.0. The molecule has 1 saturated heterocycles. The molecule has 1 aromatic carbocycles. The van der Waals surface area contributed by atoms with Crippen molar-refractivity contribution >= 4 is 23.5 Å². The minimum atomic E-state index is -0.397. The SMILES string of the molecule is CCOC(=O)c1nn(CC(=O)N2CCC(Oc3cccc(Cl)c3)CC2)c2c1CCCC2. The van der Waals surface area contributed by atoms with Gasteiger partial charge in [-0.15, -0.1) is 0 Å². The van der Waals surface area contributed by atoms with E-state index in [0.29, 0.717) is 30.4 Å². The van der Waals surface area contributed by atoms with Gasteiger partial charge in [0.2, 0.25) is 5.91 Å². The Morgan fingerprint density at radius 1 is 1.19 bits per heavy atom. The van der Waals surface area contributed by atoms with Crippen LogP contribution in [0.5, 0.6) is 5.75 Å². The van der Waals surface area contributed by atoms with Crippen LogP contribution in [-0.4, -0.2) is 52.4 Å². The van der Waals surface area contributed by atoms with E-state index in [0.717, 1.165) is 55.5 Å². The Bertz CT molecular complexity index is 950. The van der Waals surface area contributed by atoms with Gasteiger partial charge in [-0.3, -0.25) is 9.48 Å². The summed E-state index contributed by atoms with van der Waals surface area (Å²) >= 11 is 6.02. The first-order chi connectivity index (χ1) is 15.0. The van der Waals surface area contributed by atoms with Crippen molar-refractivity contribution in [1.82, 2.24) is 14.7 Å². The number of nitrogens with zero attached hydrogens (tertiary/aromatic N) is 3. The third-order valence-electron chi connectivity index (χ3n) is 5.90. The number of amides is 1. The molecule has 0 radical (unpaired) electrons. The van der Waals surface area contributed by atoms with Crippen molar-refractivity contribution in [3.8, 4) is 5.75 Å². The van der Waals surface area contributed by atoms with Gasteiger partial charge in [0.05, 0.1) is 6.61 Å². The predicted molar refractivity (Wildman–Crippen MR) is 117 cm³/mol. The molecule has 1 fully saturated rings. The molecule has 7 nitrogen and oxygen atoms in total. The number of hydrogen-bond donors (Lipinski definition) is 0. The van der Waals surface area contributed by atoms with E-state index >= 15 is 0 Å². The number of rotatable bonds is 6. The van der Waals surface area contributed by atoms with Gasteiger partial charge in [0.1, 0.15) is 18.4 Å². The Balaban J connectivity index is 1.37. The predicted octanol–water partition coefficient (Wildman–Crippen LogP) is 3.66. The Morgan fingerprint density at radius 2 is 1.97 bits per heavy atom. The summed E-state index contributed by atoms with van der Waals surface area (Å²) in [5, 5.41) is 5.13. The van der Waals surface area contributed by atoms with Gasteiger partial charge in [-0.1, -0.05) is 17.7 Å². The molecule has 0 N–H and O–H groups in total. The van der Waals surface area contributed by atoms with Crippen LogP contribution in [0, 0.1) is 0 Å². The number of ether oxygens (including phenoxy) is 2. The molecule has 0 spiro atoms. The summed E-state index contributed by atoms with van der Waals surface area (Å²) in [4.78, 5) is 27.1. The molecular weight excluding hydrogens is 418 g/mol. The van der Waals surface area contributed by atoms with Crippen LogP contribution in [0.15, 0.2) is 24.3 Å². The smallest absolute Gasteiger partial charge is 0.359 e. The second-order valence-corrected chi connectivity index (χ2v) is 8.45. The number of likely N-dealkylation sites (tertiary alicyclic amines) is 1. The van der Waals surface area contributed by atoms with Crippen molar-refractivity contribution in [3.05, 3.63) is 46.2 Å². The van der Waals surface area contributed by atoms with Gasteiger partial charge in [0, 0.05) is 42.2 Å². The van der Waals surface area contributed by atoms with Gasteiger partial charge in [0.25, 0.3) is 0 Å². The second-order valence-electron chi connectivity index (χ2n) is 8.01. The Kier molecular flexibility index (Phi) is 6.80. The maximum atomic E-state index is 13.0. The number of carbonyl (C=O) groups excluding carboxylic acids is 2. The van der Waals surface area contributed by atoms with Crippen LogP contribution < -0.4 is 4.74 Å². The Hall–Kier alpha value is -2.54. The number of carbonyl (C=O) groups is 2. The molecular formula is C23H28ClN3O4. The van der Waals surface area contributed by atoms with Gasteiger partial charge >= 0.3 is 5.97 Å². The third kappa shape index (κ3) is 5.03. The van der Waals surface area contributed by atoms with Crippen molar-refractivity contribution in [2.24, 2.45) is 0 Å². The molecule has 0 saturated carbocycles. The first kappa shape index (κ1) is 21.7. The van der Waals surface area contributed by atoms with Gasteiger partial charge in [0.15, 0.2) is 5.69 Å². The molecule has 2 aromatic rings. The summed E-state index contributed by atoms with van der Waals surface area (Å²) in [7, 11) is 0.